The number of aromatic nitrogens is 2. The lowest BCUT2D eigenvalue weighted by Crippen LogP contribution is -1.97. The molecule has 134 valence electrons. The lowest BCUT2D eigenvalue weighted by atomic mass is 9.93. The average Bonchev–Trinajstić information content (AvgIpc) is 3.18. The van der Waals surface area contributed by atoms with Gasteiger partial charge in [-0.2, -0.15) is 0 Å². The monoisotopic (exact) mass is 364 g/mol. The molecule has 4 aromatic carbocycles. The van der Waals surface area contributed by atoms with Gasteiger partial charge in [-0.05, 0) is 35.4 Å². The highest BCUT2D eigenvalue weighted by molar-refractivity contribution is 5.89. The Bertz CT molecular complexity index is 1290. The number of imidazole rings is 1. The van der Waals surface area contributed by atoms with Gasteiger partial charge in [0.05, 0.1) is 16.7 Å². The van der Waals surface area contributed by atoms with Gasteiger partial charge in [0.1, 0.15) is 12.1 Å². The van der Waals surface area contributed by atoms with E-state index in [0.717, 1.165) is 33.4 Å². The summed E-state index contributed by atoms with van der Waals surface area (Å²) in [7, 11) is 0. The second kappa shape index (κ2) is 6.78. The average molecular weight is 364 g/mol. The van der Waals surface area contributed by atoms with Gasteiger partial charge in [-0.3, -0.25) is 4.57 Å². The van der Waals surface area contributed by atoms with Crippen LogP contribution < -0.4 is 0 Å². The summed E-state index contributed by atoms with van der Waals surface area (Å²) < 4.78 is 16.6. The van der Waals surface area contributed by atoms with E-state index in [-0.39, 0.29) is 5.82 Å². The molecule has 0 radical (unpaired) electrons. The van der Waals surface area contributed by atoms with Crippen LogP contribution >= 0.6 is 0 Å². The fourth-order valence-corrected chi connectivity index (χ4v) is 3.70. The van der Waals surface area contributed by atoms with Crippen LogP contribution in [0, 0.1) is 5.82 Å². The lowest BCUT2D eigenvalue weighted by Gasteiger charge is -2.15. The summed E-state index contributed by atoms with van der Waals surface area (Å²) in [5.74, 6) is -0.222. The third kappa shape index (κ3) is 2.69. The van der Waals surface area contributed by atoms with Crippen LogP contribution in [-0.2, 0) is 0 Å². The number of benzene rings is 4. The van der Waals surface area contributed by atoms with E-state index in [1.807, 2.05) is 73.1 Å². The zero-order chi connectivity index (χ0) is 18.9. The van der Waals surface area contributed by atoms with Crippen LogP contribution in [0.3, 0.4) is 0 Å². The smallest absolute Gasteiger partial charge is 0.131 e. The summed E-state index contributed by atoms with van der Waals surface area (Å²) >= 11 is 0. The summed E-state index contributed by atoms with van der Waals surface area (Å²) in [5.41, 5.74) is 6.49. The largest absolute Gasteiger partial charge is 0.298 e. The summed E-state index contributed by atoms with van der Waals surface area (Å²) in [6.45, 7) is 0. The van der Waals surface area contributed by atoms with Gasteiger partial charge in [0, 0.05) is 11.1 Å². The van der Waals surface area contributed by atoms with Gasteiger partial charge < -0.3 is 0 Å². The molecule has 0 aliphatic heterocycles. The number of halogens is 1. The van der Waals surface area contributed by atoms with Gasteiger partial charge in [0.2, 0.25) is 0 Å². The second-order valence-electron chi connectivity index (χ2n) is 6.65. The number of nitrogens with zero attached hydrogens (tertiary/aromatic N) is 2. The zero-order valence-corrected chi connectivity index (χ0v) is 15.1. The molecule has 0 unspecified atom stereocenters. The minimum Gasteiger partial charge on any atom is -0.298 e. The molecule has 0 fully saturated rings. The summed E-state index contributed by atoms with van der Waals surface area (Å²) in [6, 6.07) is 31.1. The van der Waals surface area contributed by atoms with Crippen LogP contribution in [0.5, 0.6) is 0 Å². The first-order valence-corrected chi connectivity index (χ1v) is 9.19. The Balaban J connectivity index is 1.77. The van der Waals surface area contributed by atoms with Crippen LogP contribution in [0.15, 0.2) is 103 Å². The molecule has 2 nitrogen and oxygen atoms in total. The third-order valence-corrected chi connectivity index (χ3v) is 5.00. The summed E-state index contributed by atoms with van der Waals surface area (Å²) in [6.07, 6.45) is 1.84. The van der Waals surface area contributed by atoms with Crippen LogP contribution in [0.25, 0.3) is 39.0 Å². The lowest BCUT2D eigenvalue weighted by molar-refractivity contribution is 0.631. The van der Waals surface area contributed by atoms with E-state index in [4.69, 9.17) is 0 Å². The molecule has 0 amide bonds. The Hall–Kier alpha value is -3.72. The molecule has 0 N–H and O–H groups in total. The molecular weight excluding hydrogens is 347 g/mol. The predicted molar refractivity (Wildman–Crippen MR) is 112 cm³/mol. The first-order valence-electron chi connectivity index (χ1n) is 9.19. The van der Waals surface area contributed by atoms with E-state index in [1.165, 1.54) is 6.07 Å². The molecule has 0 aliphatic rings. The fourth-order valence-electron chi connectivity index (χ4n) is 3.70. The highest BCUT2D eigenvalue weighted by Gasteiger charge is 2.15. The van der Waals surface area contributed by atoms with E-state index in [1.54, 1.807) is 6.07 Å². The normalized spacial score (nSPS) is 11.0. The van der Waals surface area contributed by atoms with Crippen molar-refractivity contribution in [3.63, 3.8) is 0 Å². The Labute approximate surface area is 162 Å². The minimum atomic E-state index is -0.222. The minimum absolute atomic E-state index is 0.222. The molecule has 5 aromatic rings. The molecular formula is C25H17FN2. The molecule has 0 spiro atoms. The van der Waals surface area contributed by atoms with E-state index < -0.39 is 0 Å². The first-order chi connectivity index (χ1) is 13.8. The molecule has 0 saturated carbocycles. The van der Waals surface area contributed by atoms with E-state index >= 15 is 0 Å². The first kappa shape index (κ1) is 16.5. The molecule has 28 heavy (non-hydrogen) atoms. The van der Waals surface area contributed by atoms with Gasteiger partial charge in [-0.15, -0.1) is 0 Å². The van der Waals surface area contributed by atoms with Crippen LogP contribution in [0.4, 0.5) is 4.39 Å². The van der Waals surface area contributed by atoms with Crippen LogP contribution in [-0.4, -0.2) is 9.55 Å². The highest BCUT2D eigenvalue weighted by atomic mass is 19.1. The molecule has 3 heteroatoms. The van der Waals surface area contributed by atoms with Crippen molar-refractivity contribution in [1.29, 1.82) is 0 Å². The molecule has 0 bridgehead atoms. The predicted octanol–water partition coefficient (Wildman–Crippen LogP) is 6.50. The Morgan fingerprint density at radius 3 is 1.93 bits per heavy atom. The molecule has 5 rings (SSSR count). The number of hydrogen-bond donors (Lipinski definition) is 0. The fraction of sp³-hybridized carbons (Fsp3) is 0. The Kier molecular flexibility index (Phi) is 3.99. The summed E-state index contributed by atoms with van der Waals surface area (Å²) in [5, 5.41) is 0. The molecule has 1 heterocycles. The maximum absolute atomic E-state index is 14.5. The van der Waals surface area contributed by atoms with Crippen molar-refractivity contribution in [3.05, 3.63) is 109 Å². The standard InChI is InChI=1S/C25H17FN2/c26-22-13-5-3-11-20(22)18-9-1-2-10-19(18)21-12-4-7-15-24(21)28-17-27-23-14-6-8-16-25(23)28/h1-17H. The topological polar surface area (TPSA) is 17.8 Å². The highest BCUT2D eigenvalue weighted by Crippen LogP contribution is 2.37. The van der Waals surface area contributed by atoms with Gasteiger partial charge in [0.15, 0.2) is 0 Å². The van der Waals surface area contributed by atoms with Gasteiger partial charge in [0.25, 0.3) is 0 Å². The van der Waals surface area contributed by atoms with Gasteiger partial charge >= 0.3 is 0 Å². The number of para-hydroxylation sites is 3. The number of rotatable bonds is 3. The second-order valence-corrected chi connectivity index (χ2v) is 6.65. The number of fused-ring (bicyclic) bond motifs is 1. The van der Waals surface area contributed by atoms with Crippen molar-refractivity contribution in [2.24, 2.45) is 0 Å². The van der Waals surface area contributed by atoms with Crippen molar-refractivity contribution < 1.29 is 4.39 Å². The van der Waals surface area contributed by atoms with Crippen LogP contribution in [0.2, 0.25) is 0 Å². The third-order valence-electron chi connectivity index (χ3n) is 5.00. The number of hydrogen-bond acceptors (Lipinski definition) is 1. The van der Waals surface area contributed by atoms with E-state index in [9.17, 15) is 4.39 Å². The molecule has 0 aliphatic carbocycles. The van der Waals surface area contributed by atoms with Crippen molar-refractivity contribution in [1.82, 2.24) is 9.55 Å². The van der Waals surface area contributed by atoms with Crippen molar-refractivity contribution in [2.75, 3.05) is 0 Å². The molecule has 0 atom stereocenters. The summed E-state index contributed by atoms with van der Waals surface area (Å²) in [4.78, 5) is 4.53. The Morgan fingerprint density at radius 1 is 0.571 bits per heavy atom. The van der Waals surface area contributed by atoms with E-state index in [2.05, 4.69) is 27.8 Å². The van der Waals surface area contributed by atoms with E-state index in [0.29, 0.717) is 5.56 Å². The molecule has 1 aromatic heterocycles. The van der Waals surface area contributed by atoms with Gasteiger partial charge in [-0.25, -0.2) is 9.37 Å². The van der Waals surface area contributed by atoms with Gasteiger partial charge in [-0.1, -0.05) is 72.8 Å². The van der Waals surface area contributed by atoms with Crippen molar-refractivity contribution in [3.8, 4) is 27.9 Å². The van der Waals surface area contributed by atoms with Crippen LogP contribution in [0.1, 0.15) is 0 Å². The maximum atomic E-state index is 14.5. The maximum Gasteiger partial charge on any atom is 0.131 e. The SMILES string of the molecule is Fc1ccccc1-c1ccccc1-c1ccccc1-n1cnc2ccccc21. The zero-order valence-electron chi connectivity index (χ0n) is 15.1. The Morgan fingerprint density at radius 2 is 1.14 bits per heavy atom. The van der Waals surface area contributed by atoms with Crippen molar-refractivity contribution >= 4 is 11.0 Å². The quantitative estimate of drug-likeness (QED) is 0.357. The van der Waals surface area contributed by atoms with Crippen molar-refractivity contribution in [2.45, 2.75) is 0 Å². The molecule has 0 saturated heterocycles.